The van der Waals surface area contributed by atoms with Gasteiger partial charge in [0, 0.05) is 6.92 Å². The van der Waals surface area contributed by atoms with E-state index in [-0.39, 0.29) is 17.2 Å². The van der Waals surface area contributed by atoms with Gasteiger partial charge in [-0.1, -0.05) is 36.0 Å². The Morgan fingerprint density at radius 3 is 2.61 bits per heavy atom. The number of hydrogen-bond acceptors (Lipinski definition) is 5. The molecule has 1 aromatic heterocycles. The lowest BCUT2D eigenvalue weighted by Gasteiger charge is -2.15. The molecule has 1 heterocycles. The van der Waals surface area contributed by atoms with Crippen LogP contribution in [0.5, 0.6) is 0 Å². The Kier molecular flexibility index (Phi) is 5.79. The van der Waals surface area contributed by atoms with Gasteiger partial charge >= 0.3 is 0 Å². The summed E-state index contributed by atoms with van der Waals surface area (Å²) in [6, 6.07) is 13.0. The standard InChI is InChI=1S/C20H20N4O3S/c1-12-8-9-13(2)17(10-12)24-19(27)15-6-4-5-7-16(15)21-20(24)28-11-18(26)23-22-14(3)25/h4-10H,11H2,1-3H3,(H,22,25)(H,23,26). The number of fused-ring (bicyclic) bond motifs is 1. The molecular weight excluding hydrogens is 376 g/mol. The van der Waals surface area contributed by atoms with Gasteiger partial charge in [0.15, 0.2) is 5.16 Å². The number of rotatable bonds is 4. The number of amides is 2. The molecule has 144 valence electrons. The van der Waals surface area contributed by atoms with Crippen LogP contribution >= 0.6 is 11.8 Å². The fourth-order valence-electron chi connectivity index (χ4n) is 2.71. The molecule has 2 N–H and O–H groups in total. The topological polar surface area (TPSA) is 93.1 Å². The second-order valence-electron chi connectivity index (χ2n) is 6.36. The van der Waals surface area contributed by atoms with Crippen LogP contribution in [0, 0.1) is 13.8 Å². The Bertz CT molecular complexity index is 1120. The van der Waals surface area contributed by atoms with E-state index in [2.05, 4.69) is 15.8 Å². The lowest BCUT2D eigenvalue weighted by molar-refractivity contribution is -0.126. The van der Waals surface area contributed by atoms with Gasteiger partial charge in [0.05, 0.1) is 22.3 Å². The van der Waals surface area contributed by atoms with E-state index in [1.165, 1.54) is 6.92 Å². The average Bonchev–Trinajstić information content (AvgIpc) is 2.67. The average molecular weight is 396 g/mol. The van der Waals surface area contributed by atoms with Crippen LogP contribution in [0.1, 0.15) is 18.1 Å². The van der Waals surface area contributed by atoms with Crippen molar-refractivity contribution in [2.75, 3.05) is 5.75 Å². The van der Waals surface area contributed by atoms with Crippen molar-refractivity contribution in [3.8, 4) is 5.69 Å². The van der Waals surface area contributed by atoms with Crippen LogP contribution in [0.15, 0.2) is 52.4 Å². The van der Waals surface area contributed by atoms with Crippen molar-refractivity contribution in [2.45, 2.75) is 25.9 Å². The summed E-state index contributed by atoms with van der Waals surface area (Å²) in [7, 11) is 0. The van der Waals surface area contributed by atoms with Gasteiger partial charge in [0.25, 0.3) is 5.56 Å². The summed E-state index contributed by atoms with van der Waals surface area (Å²) >= 11 is 1.13. The summed E-state index contributed by atoms with van der Waals surface area (Å²) in [6.07, 6.45) is 0. The molecule has 0 bridgehead atoms. The zero-order valence-electron chi connectivity index (χ0n) is 15.8. The van der Waals surface area contributed by atoms with E-state index in [1.54, 1.807) is 22.8 Å². The smallest absolute Gasteiger partial charge is 0.266 e. The Balaban J connectivity index is 2.07. The zero-order chi connectivity index (χ0) is 20.3. The summed E-state index contributed by atoms with van der Waals surface area (Å²) in [5.74, 6) is -0.764. The third-order valence-corrected chi connectivity index (χ3v) is 5.00. The summed E-state index contributed by atoms with van der Waals surface area (Å²) in [4.78, 5) is 40.7. The van der Waals surface area contributed by atoms with Crippen molar-refractivity contribution >= 4 is 34.5 Å². The number of carbonyl (C=O) groups is 2. The summed E-state index contributed by atoms with van der Waals surface area (Å²) in [5, 5.41) is 0.922. The van der Waals surface area contributed by atoms with Crippen LogP contribution in [-0.4, -0.2) is 27.1 Å². The molecule has 3 rings (SSSR count). The van der Waals surface area contributed by atoms with Crippen molar-refractivity contribution in [3.05, 3.63) is 63.9 Å². The predicted octanol–water partition coefficient (Wildman–Crippen LogP) is 2.26. The van der Waals surface area contributed by atoms with E-state index in [4.69, 9.17) is 0 Å². The van der Waals surface area contributed by atoms with Gasteiger partial charge in [-0.25, -0.2) is 4.98 Å². The fourth-order valence-corrected chi connectivity index (χ4v) is 3.51. The Hall–Kier alpha value is -3.13. The molecular formula is C20H20N4O3S. The normalized spacial score (nSPS) is 10.7. The third-order valence-electron chi connectivity index (χ3n) is 4.06. The molecule has 3 aromatic rings. The molecule has 28 heavy (non-hydrogen) atoms. The highest BCUT2D eigenvalue weighted by atomic mass is 32.2. The Morgan fingerprint density at radius 2 is 1.86 bits per heavy atom. The van der Waals surface area contributed by atoms with E-state index >= 15 is 0 Å². The number of hydrogen-bond donors (Lipinski definition) is 2. The maximum atomic E-state index is 13.2. The van der Waals surface area contributed by atoms with Crippen LogP contribution in [0.3, 0.4) is 0 Å². The minimum Gasteiger partial charge on any atom is -0.274 e. The third kappa shape index (κ3) is 4.23. The lowest BCUT2D eigenvalue weighted by Crippen LogP contribution is -2.41. The molecule has 0 aliphatic rings. The number of nitrogens with one attached hydrogen (secondary N) is 2. The molecule has 0 aliphatic carbocycles. The molecule has 7 nitrogen and oxygen atoms in total. The van der Waals surface area contributed by atoms with Gasteiger partial charge in [0.2, 0.25) is 11.8 Å². The van der Waals surface area contributed by atoms with Gasteiger partial charge in [-0.15, -0.1) is 0 Å². The highest BCUT2D eigenvalue weighted by Crippen LogP contribution is 2.23. The summed E-state index contributed by atoms with van der Waals surface area (Å²) < 4.78 is 1.54. The largest absolute Gasteiger partial charge is 0.274 e. The Morgan fingerprint density at radius 1 is 1.11 bits per heavy atom. The number of aryl methyl sites for hydroxylation is 2. The SMILES string of the molecule is CC(=O)NNC(=O)CSc1nc2ccccc2c(=O)n1-c1cc(C)ccc1C. The van der Waals surface area contributed by atoms with Crippen molar-refractivity contribution in [3.63, 3.8) is 0 Å². The number of nitrogens with zero attached hydrogens (tertiary/aromatic N) is 2. The molecule has 0 unspecified atom stereocenters. The minimum absolute atomic E-state index is 0.00404. The monoisotopic (exact) mass is 396 g/mol. The molecule has 0 saturated heterocycles. The van der Waals surface area contributed by atoms with E-state index in [0.29, 0.717) is 16.1 Å². The quantitative estimate of drug-likeness (QED) is 0.401. The fraction of sp³-hybridized carbons (Fsp3) is 0.200. The first-order valence-corrected chi connectivity index (χ1v) is 9.63. The molecule has 8 heteroatoms. The van der Waals surface area contributed by atoms with Gasteiger partial charge in [0.1, 0.15) is 0 Å². The Labute approximate surface area is 166 Å². The summed E-state index contributed by atoms with van der Waals surface area (Å²) in [5.41, 5.74) is 7.60. The van der Waals surface area contributed by atoms with Crippen molar-refractivity contribution in [1.82, 2.24) is 20.4 Å². The number of para-hydroxylation sites is 1. The maximum Gasteiger partial charge on any atom is 0.266 e. The van der Waals surface area contributed by atoms with E-state index in [1.807, 2.05) is 38.1 Å². The second-order valence-corrected chi connectivity index (χ2v) is 7.30. The first-order chi connectivity index (χ1) is 13.4. The van der Waals surface area contributed by atoms with Crippen LogP contribution in [0.4, 0.5) is 0 Å². The lowest BCUT2D eigenvalue weighted by atomic mass is 10.1. The van der Waals surface area contributed by atoms with E-state index in [0.717, 1.165) is 28.6 Å². The highest BCUT2D eigenvalue weighted by molar-refractivity contribution is 7.99. The van der Waals surface area contributed by atoms with Crippen molar-refractivity contribution in [2.24, 2.45) is 0 Å². The first-order valence-electron chi connectivity index (χ1n) is 8.64. The van der Waals surface area contributed by atoms with Gasteiger partial charge < -0.3 is 0 Å². The van der Waals surface area contributed by atoms with Crippen molar-refractivity contribution in [1.29, 1.82) is 0 Å². The maximum absolute atomic E-state index is 13.2. The molecule has 0 saturated carbocycles. The number of carbonyl (C=O) groups excluding carboxylic acids is 2. The van der Waals surface area contributed by atoms with E-state index < -0.39 is 5.91 Å². The molecule has 0 radical (unpaired) electrons. The van der Waals surface area contributed by atoms with Crippen LogP contribution in [0.25, 0.3) is 16.6 Å². The number of aromatic nitrogens is 2. The van der Waals surface area contributed by atoms with Crippen molar-refractivity contribution < 1.29 is 9.59 Å². The molecule has 0 fully saturated rings. The minimum atomic E-state index is -0.393. The summed E-state index contributed by atoms with van der Waals surface area (Å²) in [6.45, 7) is 5.18. The molecule has 0 atom stereocenters. The number of benzene rings is 2. The van der Waals surface area contributed by atoms with Crippen LogP contribution in [-0.2, 0) is 9.59 Å². The number of hydrazine groups is 1. The predicted molar refractivity (Wildman–Crippen MR) is 109 cm³/mol. The van der Waals surface area contributed by atoms with Gasteiger partial charge in [-0.2, -0.15) is 0 Å². The first kappa shape index (κ1) is 19.6. The highest BCUT2D eigenvalue weighted by Gasteiger charge is 2.16. The van der Waals surface area contributed by atoms with Crippen LogP contribution in [0.2, 0.25) is 0 Å². The zero-order valence-corrected chi connectivity index (χ0v) is 16.6. The molecule has 2 amide bonds. The van der Waals surface area contributed by atoms with E-state index in [9.17, 15) is 14.4 Å². The van der Waals surface area contributed by atoms with Gasteiger partial charge in [-0.05, 0) is 43.2 Å². The molecule has 0 spiro atoms. The van der Waals surface area contributed by atoms with Gasteiger partial charge in [-0.3, -0.25) is 29.8 Å². The number of thioether (sulfide) groups is 1. The molecule has 2 aromatic carbocycles. The molecule has 0 aliphatic heterocycles. The van der Waals surface area contributed by atoms with Crippen LogP contribution < -0.4 is 16.4 Å². The second kappa shape index (κ2) is 8.26.